The minimum absolute atomic E-state index is 0.142. The lowest BCUT2D eigenvalue weighted by Gasteiger charge is -2.20. The van der Waals surface area contributed by atoms with Crippen LogP contribution in [0, 0.1) is 6.92 Å². The van der Waals surface area contributed by atoms with E-state index < -0.39 is 28.1 Å². The Balaban J connectivity index is 1.78. The van der Waals surface area contributed by atoms with E-state index in [1.165, 1.54) is 12.1 Å². The van der Waals surface area contributed by atoms with Gasteiger partial charge in [0.05, 0.1) is 4.90 Å². The molecule has 3 rings (SSSR count). The lowest BCUT2D eigenvalue weighted by molar-refractivity contribution is -0.150. The van der Waals surface area contributed by atoms with Crippen LogP contribution in [0.5, 0.6) is 0 Å². The van der Waals surface area contributed by atoms with Crippen LogP contribution in [0.2, 0.25) is 0 Å². The van der Waals surface area contributed by atoms with Gasteiger partial charge in [0.2, 0.25) is 0 Å². The van der Waals surface area contributed by atoms with E-state index in [9.17, 15) is 8.42 Å². The average Bonchev–Trinajstić information content (AvgIpc) is 2.86. The Labute approximate surface area is 124 Å². The summed E-state index contributed by atoms with van der Waals surface area (Å²) in [7, 11) is -3.82. The summed E-state index contributed by atoms with van der Waals surface area (Å²) in [6, 6.07) is 6.55. The molecule has 0 N–H and O–H groups in total. The predicted octanol–water partition coefficient (Wildman–Crippen LogP) is 2.16. The molecule has 0 saturated carbocycles. The summed E-state index contributed by atoms with van der Waals surface area (Å²) in [5, 5.41) is 0. The van der Waals surface area contributed by atoms with Crippen molar-refractivity contribution in [3.05, 3.63) is 42.0 Å². The molecule has 0 spiro atoms. The molecule has 1 aliphatic heterocycles. The number of ether oxygens (including phenoxy) is 2. The van der Waals surface area contributed by atoms with Gasteiger partial charge in [-0.15, -0.1) is 0 Å². The molecule has 0 bridgehead atoms. The van der Waals surface area contributed by atoms with Crippen molar-refractivity contribution in [2.45, 2.75) is 49.8 Å². The molecule has 1 aromatic rings. The van der Waals surface area contributed by atoms with Crippen LogP contribution in [-0.2, 0) is 23.8 Å². The van der Waals surface area contributed by atoms with Crippen molar-refractivity contribution < 1.29 is 22.1 Å². The topological polar surface area (TPSA) is 61.8 Å². The van der Waals surface area contributed by atoms with Gasteiger partial charge in [-0.3, -0.25) is 4.18 Å². The van der Waals surface area contributed by atoms with E-state index in [0.29, 0.717) is 0 Å². The van der Waals surface area contributed by atoms with Gasteiger partial charge < -0.3 is 9.47 Å². The fourth-order valence-electron chi connectivity index (χ4n) is 2.54. The normalized spacial score (nSPS) is 30.5. The number of benzene rings is 1. The summed E-state index contributed by atoms with van der Waals surface area (Å²) in [5.41, 5.74) is 0.990. The molecule has 3 atom stereocenters. The number of fused-ring (bicyclic) bond motifs is 1. The Morgan fingerprint density at radius 3 is 2.43 bits per heavy atom. The van der Waals surface area contributed by atoms with Crippen molar-refractivity contribution in [1.29, 1.82) is 0 Å². The first-order valence-electron chi connectivity index (χ1n) is 6.81. The van der Waals surface area contributed by atoms with Crippen LogP contribution in [0.25, 0.3) is 0 Å². The minimum Gasteiger partial charge on any atom is -0.341 e. The number of rotatable bonds is 3. The summed E-state index contributed by atoms with van der Waals surface area (Å²) >= 11 is 0. The van der Waals surface area contributed by atoms with Crippen LogP contribution in [0.3, 0.4) is 0 Å². The lowest BCUT2D eigenvalue weighted by Crippen LogP contribution is -2.33. The Hall–Kier alpha value is -1.21. The molecular weight excluding hydrogens is 292 g/mol. The molecule has 1 saturated heterocycles. The van der Waals surface area contributed by atoms with Crippen LogP contribution < -0.4 is 0 Å². The first-order chi connectivity index (χ1) is 9.77. The molecule has 0 radical (unpaired) electrons. The van der Waals surface area contributed by atoms with Crippen molar-refractivity contribution in [1.82, 2.24) is 0 Å². The van der Waals surface area contributed by atoms with Crippen molar-refractivity contribution in [2.24, 2.45) is 0 Å². The zero-order valence-corrected chi connectivity index (χ0v) is 13.0. The van der Waals surface area contributed by atoms with Gasteiger partial charge in [0.1, 0.15) is 18.3 Å². The van der Waals surface area contributed by atoms with Gasteiger partial charge in [0, 0.05) is 0 Å². The lowest BCUT2D eigenvalue weighted by atomic mass is 10.2. The Kier molecular flexibility index (Phi) is 3.44. The van der Waals surface area contributed by atoms with E-state index in [-0.39, 0.29) is 11.0 Å². The third kappa shape index (κ3) is 2.89. The number of hydrogen-bond acceptors (Lipinski definition) is 5. The summed E-state index contributed by atoms with van der Waals surface area (Å²) < 4.78 is 41.3. The van der Waals surface area contributed by atoms with Crippen molar-refractivity contribution in [3.8, 4) is 0 Å². The maximum atomic E-state index is 12.3. The molecule has 21 heavy (non-hydrogen) atoms. The standard InChI is InChI=1S/C15H18O5S/c1-10-4-6-11(7-5-10)21(16,17)20-13-9-8-12-14(13)19-15(2,3)18-12/h4-9,12-14H,1-3H3/t12-,13?,14-/m1/s1. The van der Waals surface area contributed by atoms with Crippen LogP contribution in [0.4, 0.5) is 0 Å². The Morgan fingerprint density at radius 1 is 1.10 bits per heavy atom. The fourth-order valence-corrected chi connectivity index (χ4v) is 3.59. The number of aryl methyl sites for hydroxylation is 1. The second-order valence-electron chi connectivity index (χ2n) is 5.78. The minimum atomic E-state index is -3.82. The monoisotopic (exact) mass is 310 g/mol. The summed E-state index contributed by atoms with van der Waals surface area (Å²) in [6.07, 6.45) is 2.10. The van der Waals surface area contributed by atoms with Crippen molar-refractivity contribution in [3.63, 3.8) is 0 Å². The van der Waals surface area contributed by atoms with E-state index in [2.05, 4.69) is 0 Å². The Bertz CT molecular complexity index is 660. The van der Waals surface area contributed by atoms with Crippen LogP contribution in [0.15, 0.2) is 41.3 Å². The molecule has 0 amide bonds. The third-order valence-corrected chi connectivity index (χ3v) is 4.85. The molecule has 0 aromatic heterocycles. The molecular formula is C15H18O5S. The highest BCUT2D eigenvalue weighted by atomic mass is 32.2. The molecule has 1 heterocycles. The highest BCUT2D eigenvalue weighted by Gasteiger charge is 2.48. The number of hydrogen-bond donors (Lipinski definition) is 0. The average molecular weight is 310 g/mol. The highest BCUT2D eigenvalue weighted by Crippen LogP contribution is 2.36. The second-order valence-corrected chi connectivity index (χ2v) is 7.35. The van der Waals surface area contributed by atoms with Gasteiger partial charge in [-0.1, -0.05) is 29.8 Å². The maximum absolute atomic E-state index is 12.3. The zero-order chi connectivity index (χ0) is 15.3. The first kappa shape index (κ1) is 14.7. The van der Waals surface area contributed by atoms with E-state index in [1.54, 1.807) is 38.1 Å². The molecule has 1 fully saturated rings. The van der Waals surface area contributed by atoms with Gasteiger partial charge in [-0.2, -0.15) is 8.42 Å². The van der Waals surface area contributed by atoms with E-state index in [4.69, 9.17) is 13.7 Å². The van der Waals surface area contributed by atoms with Gasteiger partial charge in [-0.05, 0) is 32.9 Å². The van der Waals surface area contributed by atoms with Crippen molar-refractivity contribution in [2.75, 3.05) is 0 Å². The summed E-state index contributed by atoms with van der Waals surface area (Å²) in [5.74, 6) is -0.727. The van der Waals surface area contributed by atoms with Crippen molar-refractivity contribution >= 4 is 10.1 Å². The van der Waals surface area contributed by atoms with E-state index in [0.717, 1.165) is 5.56 Å². The molecule has 1 unspecified atom stereocenters. The van der Waals surface area contributed by atoms with Gasteiger partial charge in [0.15, 0.2) is 5.79 Å². The van der Waals surface area contributed by atoms with E-state index >= 15 is 0 Å². The smallest absolute Gasteiger partial charge is 0.297 e. The van der Waals surface area contributed by atoms with Gasteiger partial charge in [-0.25, -0.2) is 0 Å². The molecule has 1 aliphatic carbocycles. The van der Waals surface area contributed by atoms with Crippen LogP contribution in [0.1, 0.15) is 19.4 Å². The summed E-state index contributed by atoms with van der Waals surface area (Å²) in [6.45, 7) is 5.49. The Morgan fingerprint density at radius 2 is 1.76 bits per heavy atom. The molecule has 6 heteroatoms. The van der Waals surface area contributed by atoms with Gasteiger partial charge >= 0.3 is 0 Å². The quantitative estimate of drug-likeness (QED) is 0.632. The van der Waals surface area contributed by atoms with Crippen LogP contribution >= 0.6 is 0 Å². The molecule has 114 valence electrons. The predicted molar refractivity (Wildman–Crippen MR) is 76.2 cm³/mol. The van der Waals surface area contributed by atoms with E-state index in [1.807, 2.05) is 6.92 Å². The van der Waals surface area contributed by atoms with Gasteiger partial charge in [0.25, 0.3) is 10.1 Å². The SMILES string of the molecule is Cc1ccc(S(=O)(=O)OC2C=C[C@H]3OC(C)(C)O[C@@H]23)cc1. The maximum Gasteiger partial charge on any atom is 0.297 e. The fraction of sp³-hybridized carbons (Fsp3) is 0.467. The first-order valence-corrected chi connectivity index (χ1v) is 8.22. The highest BCUT2D eigenvalue weighted by molar-refractivity contribution is 7.86. The molecule has 2 aliphatic rings. The largest absolute Gasteiger partial charge is 0.341 e. The molecule has 1 aromatic carbocycles. The van der Waals surface area contributed by atoms with Crippen LogP contribution in [-0.4, -0.2) is 32.5 Å². The molecule has 5 nitrogen and oxygen atoms in total. The second kappa shape index (κ2) is 4.91. The summed E-state index contributed by atoms with van der Waals surface area (Å²) in [4.78, 5) is 0.142. The third-order valence-electron chi connectivity index (χ3n) is 3.53. The zero-order valence-electron chi connectivity index (χ0n) is 12.1.